The number of nitrogens with one attached hydrogen (secondary N) is 1. The second-order valence-electron chi connectivity index (χ2n) is 5.79. The maximum atomic E-state index is 12.7. The summed E-state index contributed by atoms with van der Waals surface area (Å²) in [6, 6.07) is 13.5. The van der Waals surface area contributed by atoms with Crippen molar-refractivity contribution in [1.82, 2.24) is 4.90 Å². The lowest BCUT2D eigenvalue weighted by Crippen LogP contribution is -2.32. The van der Waals surface area contributed by atoms with Gasteiger partial charge < -0.3 is 5.32 Å². The summed E-state index contributed by atoms with van der Waals surface area (Å²) in [6.07, 6.45) is 0. The van der Waals surface area contributed by atoms with Gasteiger partial charge in [0.1, 0.15) is 6.04 Å². The summed E-state index contributed by atoms with van der Waals surface area (Å²) in [7, 11) is -0.227. The average Bonchev–Trinajstić information content (AvgIpc) is 2.49. The molecule has 2 aromatic rings. The highest BCUT2D eigenvalue weighted by Gasteiger charge is 2.23. The number of primary sulfonamides is 1. The largest absolute Gasteiger partial charge is 0.324 e. The van der Waals surface area contributed by atoms with Crippen molar-refractivity contribution in [3.05, 3.63) is 59.7 Å². The molecule has 3 N–H and O–H groups in total. The molecule has 0 heterocycles. The zero-order valence-corrected chi connectivity index (χ0v) is 14.7. The van der Waals surface area contributed by atoms with E-state index in [9.17, 15) is 13.2 Å². The van der Waals surface area contributed by atoms with Crippen LogP contribution >= 0.6 is 0 Å². The molecule has 0 aliphatic rings. The number of aryl methyl sites for hydroxylation is 1. The first-order chi connectivity index (χ1) is 11.2. The van der Waals surface area contributed by atoms with Gasteiger partial charge in [-0.3, -0.25) is 9.69 Å². The monoisotopic (exact) mass is 347 g/mol. The SMILES string of the molecule is Cc1ccc(NC(=O)C(c2ccccc2)N(C)C)cc1S(N)(=O)=O. The Hall–Kier alpha value is -2.22. The average molecular weight is 347 g/mol. The summed E-state index contributed by atoms with van der Waals surface area (Å²) in [5, 5.41) is 7.97. The van der Waals surface area contributed by atoms with E-state index in [1.807, 2.05) is 44.4 Å². The fraction of sp³-hybridized carbons (Fsp3) is 0.235. The molecule has 0 spiro atoms. The molecule has 2 rings (SSSR count). The van der Waals surface area contributed by atoms with Crippen molar-refractivity contribution in [2.24, 2.45) is 5.14 Å². The number of amides is 1. The van der Waals surface area contributed by atoms with Crippen LogP contribution in [0.15, 0.2) is 53.4 Å². The van der Waals surface area contributed by atoms with Crippen LogP contribution in [0.2, 0.25) is 0 Å². The summed E-state index contributed by atoms with van der Waals surface area (Å²) in [5.41, 5.74) is 1.76. The lowest BCUT2D eigenvalue weighted by atomic mass is 10.1. The highest BCUT2D eigenvalue weighted by Crippen LogP contribution is 2.23. The van der Waals surface area contributed by atoms with Crippen LogP contribution in [-0.4, -0.2) is 33.3 Å². The fourth-order valence-corrected chi connectivity index (χ4v) is 3.32. The molecule has 0 saturated carbocycles. The molecule has 6 nitrogen and oxygen atoms in total. The molecular weight excluding hydrogens is 326 g/mol. The standard InChI is InChI=1S/C17H21N3O3S/c1-12-9-10-14(11-15(12)24(18,22)23)19-17(21)16(20(2)3)13-7-5-4-6-8-13/h4-11,16H,1-3H3,(H,19,21)(H2,18,22,23). The first kappa shape index (κ1) is 18.1. The molecule has 0 aromatic heterocycles. The Bertz CT molecular complexity index is 833. The van der Waals surface area contributed by atoms with E-state index in [1.165, 1.54) is 6.07 Å². The predicted molar refractivity (Wildman–Crippen MR) is 94.1 cm³/mol. The van der Waals surface area contributed by atoms with E-state index in [1.54, 1.807) is 24.0 Å². The van der Waals surface area contributed by atoms with Crippen LogP contribution in [0.5, 0.6) is 0 Å². The third-order valence-corrected chi connectivity index (χ3v) is 4.70. The number of anilines is 1. The maximum Gasteiger partial charge on any atom is 0.246 e. The topological polar surface area (TPSA) is 92.5 Å². The number of nitrogens with two attached hydrogens (primary N) is 1. The molecule has 7 heteroatoms. The molecular formula is C17H21N3O3S. The van der Waals surface area contributed by atoms with Crippen LogP contribution in [0.1, 0.15) is 17.2 Å². The Morgan fingerprint density at radius 1 is 1.12 bits per heavy atom. The quantitative estimate of drug-likeness (QED) is 0.864. The molecule has 0 aliphatic carbocycles. The first-order valence-electron chi connectivity index (χ1n) is 7.36. The first-order valence-corrected chi connectivity index (χ1v) is 8.90. The van der Waals surface area contributed by atoms with Gasteiger partial charge in [-0.2, -0.15) is 0 Å². The fourth-order valence-electron chi connectivity index (χ4n) is 2.51. The van der Waals surface area contributed by atoms with Gasteiger partial charge in [0.15, 0.2) is 0 Å². The Labute approximate surface area is 142 Å². The highest BCUT2D eigenvalue weighted by atomic mass is 32.2. The van der Waals surface area contributed by atoms with Gasteiger partial charge in [-0.15, -0.1) is 0 Å². The number of nitrogens with zero attached hydrogens (tertiary/aromatic N) is 1. The summed E-state index contributed by atoms with van der Waals surface area (Å²) in [4.78, 5) is 14.5. The molecule has 1 atom stereocenters. The maximum absolute atomic E-state index is 12.7. The molecule has 128 valence electrons. The summed E-state index contributed by atoms with van der Waals surface area (Å²) < 4.78 is 23.2. The van der Waals surface area contributed by atoms with Crippen LogP contribution < -0.4 is 10.5 Å². The number of benzene rings is 2. The van der Waals surface area contributed by atoms with Crippen molar-refractivity contribution >= 4 is 21.6 Å². The van der Waals surface area contributed by atoms with Gasteiger partial charge in [-0.1, -0.05) is 36.4 Å². The zero-order chi connectivity index (χ0) is 17.9. The number of hydrogen-bond acceptors (Lipinski definition) is 4. The van der Waals surface area contributed by atoms with Crippen molar-refractivity contribution in [2.45, 2.75) is 17.9 Å². The van der Waals surface area contributed by atoms with E-state index in [2.05, 4.69) is 5.32 Å². The highest BCUT2D eigenvalue weighted by molar-refractivity contribution is 7.89. The minimum Gasteiger partial charge on any atom is -0.324 e. The van der Waals surface area contributed by atoms with Gasteiger partial charge >= 0.3 is 0 Å². The van der Waals surface area contributed by atoms with Gasteiger partial charge in [-0.05, 0) is 44.3 Å². The molecule has 1 unspecified atom stereocenters. The molecule has 2 aromatic carbocycles. The lowest BCUT2D eigenvalue weighted by molar-refractivity contribution is -0.120. The minimum absolute atomic E-state index is 0.00131. The number of hydrogen-bond donors (Lipinski definition) is 2. The Kier molecular flexibility index (Phi) is 5.38. The minimum atomic E-state index is -3.84. The number of sulfonamides is 1. The van der Waals surface area contributed by atoms with E-state index in [4.69, 9.17) is 5.14 Å². The molecule has 0 bridgehead atoms. The number of carbonyl (C=O) groups excluding carboxylic acids is 1. The van der Waals surface area contributed by atoms with E-state index < -0.39 is 16.1 Å². The summed E-state index contributed by atoms with van der Waals surface area (Å²) in [5.74, 6) is -0.254. The summed E-state index contributed by atoms with van der Waals surface area (Å²) in [6.45, 7) is 1.65. The third kappa shape index (κ3) is 4.19. The zero-order valence-electron chi connectivity index (χ0n) is 13.9. The van der Waals surface area contributed by atoms with E-state index in [0.717, 1.165) is 5.56 Å². The van der Waals surface area contributed by atoms with E-state index in [-0.39, 0.29) is 10.8 Å². The van der Waals surface area contributed by atoms with Crippen LogP contribution in [0.4, 0.5) is 5.69 Å². The smallest absolute Gasteiger partial charge is 0.246 e. The van der Waals surface area contributed by atoms with Crippen molar-refractivity contribution in [3.8, 4) is 0 Å². The molecule has 0 saturated heterocycles. The molecule has 0 radical (unpaired) electrons. The van der Waals surface area contributed by atoms with Crippen LogP contribution in [-0.2, 0) is 14.8 Å². The second kappa shape index (κ2) is 7.12. The van der Waals surface area contributed by atoms with Gasteiger partial charge in [0.25, 0.3) is 0 Å². The third-order valence-electron chi connectivity index (χ3n) is 3.64. The lowest BCUT2D eigenvalue weighted by Gasteiger charge is -2.24. The van der Waals surface area contributed by atoms with Crippen LogP contribution in [0, 0.1) is 6.92 Å². The van der Waals surface area contributed by atoms with Crippen molar-refractivity contribution < 1.29 is 13.2 Å². The number of likely N-dealkylation sites (N-methyl/N-ethyl adjacent to an activating group) is 1. The molecule has 1 amide bonds. The van der Waals surface area contributed by atoms with Gasteiger partial charge in [-0.25, -0.2) is 13.6 Å². The van der Waals surface area contributed by atoms with Crippen LogP contribution in [0.3, 0.4) is 0 Å². The van der Waals surface area contributed by atoms with Gasteiger partial charge in [0.2, 0.25) is 15.9 Å². The predicted octanol–water partition coefficient (Wildman–Crippen LogP) is 1.88. The van der Waals surface area contributed by atoms with Crippen molar-refractivity contribution in [2.75, 3.05) is 19.4 Å². The van der Waals surface area contributed by atoms with Crippen LogP contribution in [0.25, 0.3) is 0 Å². The number of carbonyl (C=O) groups is 1. The molecule has 24 heavy (non-hydrogen) atoms. The normalized spacial score (nSPS) is 12.9. The van der Waals surface area contributed by atoms with E-state index >= 15 is 0 Å². The Morgan fingerprint density at radius 2 is 1.75 bits per heavy atom. The van der Waals surface area contributed by atoms with Gasteiger partial charge in [0.05, 0.1) is 4.90 Å². The molecule has 0 aliphatic heterocycles. The second-order valence-corrected chi connectivity index (χ2v) is 7.32. The van der Waals surface area contributed by atoms with Gasteiger partial charge in [0, 0.05) is 5.69 Å². The Morgan fingerprint density at radius 3 is 2.29 bits per heavy atom. The van der Waals surface area contributed by atoms with Crippen molar-refractivity contribution in [3.63, 3.8) is 0 Å². The Balaban J connectivity index is 2.31. The number of rotatable bonds is 5. The van der Waals surface area contributed by atoms with Crippen molar-refractivity contribution in [1.29, 1.82) is 0 Å². The summed E-state index contributed by atoms with van der Waals surface area (Å²) >= 11 is 0. The van der Waals surface area contributed by atoms with E-state index in [0.29, 0.717) is 11.3 Å². The molecule has 0 fully saturated rings.